The predicted molar refractivity (Wildman–Crippen MR) is 104 cm³/mol. The number of rotatable bonds is 8. The van der Waals surface area contributed by atoms with Gasteiger partial charge in [0.15, 0.2) is 0 Å². The minimum atomic E-state index is -0.222. The number of carbonyl (C=O) groups excluding carboxylic acids is 1. The number of amides is 1. The number of hydrogen-bond acceptors (Lipinski definition) is 5. The van der Waals surface area contributed by atoms with Crippen molar-refractivity contribution in [2.45, 2.75) is 26.9 Å². The summed E-state index contributed by atoms with van der Waals surface area (Å²) in [4.78, 5) is 11.9. The molecule has 0 atom stereocenters. The molecule has 2 rings (SSSR count). The van der Waals surface area contributed by atoms with Crippen molar-refractivity contribution in [2.24, 2.45) is 5.10 Å². The number of benzene rings is 2. The van der Waals surface area contributed by atoms with Crippen molar-refractivity contribution in [2.75, 3.05) is 19.0 Å². The van der Waals surface area contributed by atoms with Crippen LogP contribution in [0, 0.1) is 0 Å². The molecule has 0 aliphatic heterocycles. The molecule has 2 aromatic rings. The normalized spacial score (nSPS) is 11.2. The number of hydrazone groups is 1. The maximum atomic E-state index is 11.9. The van der Waals surface area contributed by atoms with Crippen LogP contribution in [0.2, 0.25) is 0 Å². The van der Waals surface area contributed by atoms with Crippen LogP contribution in [-0.2, 0) is 4.79 Å². The fourth-order valence-corrected chi connectivity index (χ4v) is 2.19. The summed E-state index contributed by atoms with van der Waals surface area (Å²) in [5.41, 5.74) is 5.03. The minimum absolute atomic E-state index is 0.129. The summed E-state index contributed by atoms with van der Waals surface area (Å²) in [6.45, 7) is 5.94. The lowest BCUT2D eigenvalue weighted by molar-refractivity contribution is -0.119. The summed E-state index contributed by atoms with van der Waals surface area (Å²) < 4.78 is 10.7. The van der Waals surface area contributed by atoms with E-state index < -0.39 is 0 Å². The monoisotopic (exact) mass is 355 g/mol. The van der Waals surface area contributed by atoms with Crippen LogP contribution >= 0.6 is 0 Å². The van der Waals surface area contributed by atoms with Crippen LogP contribution in [0.3, 0.4) is 0 Å². The van der Waals surface area contributed by atoms with Gasteiger partial charge < -0.3 is 14.8 Å². The molecule has 1 amide bonds. The first-order valence-corrected chi connectivity index (χ1v) is 8.46. The third-order valence-corrected chi connectivity index (χ3v) is 3.54. The van der Waals surface area contributed by atoms with E-state index in [1.807, 2.05) is 69.3 Å². The van der Waals surface area contributed by atoms with Crippen LogP contribution in [0.4, 0.5) is 5.69 Å². The highest BCUT2D eigenvalue weighted by Gasteiger charge is 2.03. The second kappa shape index (κ2) is 9.46. The van der Waals surface area contributed by atoms with Gasteiger partial charge in [-0.3, -0.25) is 4.79 Å². The molecule has 0 saturated heterocycles. The minimum Gasteiger partial charge on any atom is -0.497 e. The summed E-state index contributed by atoms with van der Waals surface area (Å²) in [7, 11) is 1.61. The molecule has 0 aliphatic carbocycles. The molecule has 0 bridgehead atoms. The zero-order chi connectivity index (χ0) is 18.9. The quantitative estimate of drug-likeness (QED) is 0.562. The first kappa shape index (κ1) is 19.3. The van der Waals surface area contributed by atoms with E-state index in [1.54, 1.807) is 7.11 Å². The number of carbonyl (C=O) groups is 1. The van der Waals surface area contributed by atoms with E-state index >= 15 is 0 Å². The Morgan fingerprint density at radius 1 is 1.04 bits per heavy atom. The summed E-state index contributed by atoms with van der Waals surface area (Å²) >= 11 is 0. The molecular weight excluding hydrogens is 330 g/mol. The van der Waals surface area contributed by atoms with Gasteiger partial charge in [0.2, 0.25) is 0 Å². The Labute approximate surface area is 154 Å². The fourth-order valence-electron chi connectivity index (χ4n) is 2.19. The molecule has 138 valence electrons. The number of ether oxygens (including phenoxy) is 2. The van der Waals surface area contributed by atoms with Gasteiger partial charge in [-0.2, -0.15) is 5.10 Å². The van der Waals surface area contributed by atoms with E-state index in [4.69, 9.17) is 9.47 Å². The Morgan fingerprint density at radius 3 is 2.23 bits per heavy atom. The van der Waals surface area contributed by atoms with E-state index in [-0.39, 0.29) is 18.6 Å². The number of hydrogen-bond donors (Lipinski definition) is 2. The van der Waals surface area contributed by atoms with Crippen LogP contribution < -0.4 is 20.2 Å². The smallest absolute Gasteiger partial charge is 0.259 e. The van der Waals surface area contributed by atoms with E-state index in [0.29, 0.717) is 0 Å². The lowest BCUT2D eigenvalue weighted by Gasteiger charge is -2.10. The molecule has 0 spiro atoms. The largest absolute Gasteiger partial charge is 0.497 e. The zero-order valence-corrected chi connectivity index (χ0v) is 15.6. The summed E-state index contributed by atoms with van der Waals surface area (Å²) in [6.07, 6.45) is 0.133. The highest BCUT2D eigenvalue weighted by molar-refractivity contribution is 5.99. The molecule has 6 heteroatoms. The summed E-state index contributed by atoms with van der Waals surface area (Å²) in [5.74, 6) is 1.36. The second-order valence-electron chi connectivity index (χ2n) is 6.01. The van der Waals surface area contributed by atoms with Gasteiger partial charge >= 0.3 is 0 Å². The summed E-state index contributed by atoms with van der Waals surface area (Å²) in [5, 5.41) is 7.17. The Kier molecular flexibility index (Phi) is 7.02. The maximum absolute atomic E-state index is 11.9. The fraction of sp³-hybridized carbons (Fsp3) is 0.300. The predicted octanol–water partition coefficient (Wildman–Crippen LogP) is 3.43. The van der Waals surface area contributed by atoms with E-state index in [0.717, 1.165) is 28.5 Å². The first-order chi connectivity index (χ1) is 12.5. The number of nitrogens with one attached hydrogen (secondary N) is 2. The first-order valence-electron chi connectivity index (χ1n) is 8.46. The molecular formula is C20H25N3O3. The van der Waals surface area contributed by atoms with Crippen molar-refractivity contribution in [1.82, 2.24) is 5.43 Å². The molecule has 0 aliphatic rings. The standard InChI is InChI=1S/C20H25N3O3/c1-14(2)26-19-9-5-16(6-10-19)15(3)22-23-20(24)13-21-17-7-11-18(25-4)12-8-17/h5-12,14,21H,13H2,1-4H3,(H,23,24)/b22-15-. The second-order valence-corrected chi connectivity index (χ2v) is 6.01. The van der Waals surface area contributed by atoms with Gasteiger partial charge in [0, 0.05) is 5.69 Å². The van der Waals surface area contributed by atoms with E-state index in [9.17, 15) is 4.79 Å². The molecule has 26 heavy (non-hydrogen) atoms. The Morgan fingerprint density at radius 2 is 1.65 bits per heavy atom. The highest BCUT2D eigenvalue weighted by atomic mass is 16.5. The molecule has 0 unspecified atom stereocenters. The number of nitrogens with zero attached hydrogens (tertiary/aromatic N) is 1. The Balaban J connectivity index is 1.84. The average molecular weight is 355 g/mol. The molecule has 0 fully saturated rings. The van der Waals surface area contributed by atoms with Crippen LogP contribution in [0.25, 0.3) is 0 Å². The van der Waals surface area contributed by atoms with E-state index in [1.165, 1.54) is 0 Å². The van der Waals surface area contributed by atoms with Crippen molar-refractivity contribution >= 4 is 17.3 Å². The molecule has 2 N–H and O–H groups in total. The van der Waals surface area contributed by atoms with Gasteiger partial charge in [-0.1, -0.05) is 0 Å². The molecule has 6 nitrogen and oxygen atoms in total. The van der Waals surface area contributed by atoms with Crippen LogP contribution in [0.5, 0.6) is 11.5 Å². The molecule has 0 saturated carbocycles. The van der Waals surface area contributed by atoms with Crippen molar-refractivity contribution < 1.29 is 14.3 Å². The number of methoxy groups -OCH3 is 1. The van der Waals surface area contributed by atoms with Gasteiger partial charge in [0.25, 0.3) is 5.91 Å². The van der Waals surface area contributed by atoms with Crippen LogP contribution in [0.15, 0.2) is 53.6 Å². The lowest BCUT2D eigenvalue weighted by Crippen LogP contribution is -2.26. The average Bonchev–Trinajstić information content (AvgIpc) is 2.65. The third-order valence-electron chi connectivity index (χ3n) is 3.54. The van der Waals surface area contributed by atoms with Crippen LogP contribution in [-0.4, -0.2) is 31.4 Å². The maximum Gasteiger partial charge on any atom is 0.259 e. The Bertz CT molecular complexity index is 738. The van der Waals surface area contributed by atoms with Gasteiger partial charge in [0.05, 0.1) is 25.5 Å². The lowest BCUT2D eigenvalue weighted by atomic mass is 10.1. The molecule has 0 heterocycles. The van der Waals surface area contributed by atoms with Crippen molar-refractivity contribution in [3.8, 4) is 11.5 Å². The van der Waals surface area contributed by atoms with Gasteiger partial charge in [0.1, 0.15) is 11.5 Å². The third kappa shape index (κ3) is 6.12. The molecule has 0 aromatic heterocycles. The van der Waals surface area contributed by atoms with Gasteiger partial charge in [-0.25, -0.2) is 5.43 Å². The molecule has 0 radical (unpaired) electrons. The van der Waals surface area contributed by atoms with Gasteiger partial charge in [-0.15, -0.1) is 0 Å². The van der Waals surface area contributed by atoms with Gasteiger partial charge in [-0.05, 0) is 74.9 Å². The molecule has 2 aromatic carbocycles. The SMILES string of the molecule is COc1ccc(NCC(=O)N/N=C(/C)c2ccc(OC(C)C)cc2)cc1. The summed E-state index contributed by atoms with van der Waals surface area (Å²) in [6, 6.07) is 15.0. The van der Waals surface area contributed by atoms with Crippen molar-refractivity contribution in [3.63, 3.8) is 0 Å². The van der Waals surface area contributed by atoms with Crippen molar-refractivity contribution in [3.05, 3.63) is 54.1 Å². The highest BCUT2D eigenvalue weighted by Crippen LogP contribution is 2.15. The van der Waals surface area contributed by atoms with E-state index in [2.05, 4.69) is 15.8 Å². The Hall–Kier alpha value is -3.02. The number of anilines is 1. The topological polar surface area (TPSA) is 72.0 Å². The zero-order valence-electron chi connectivity index (χ0n) is 15.6. The van der Waals surface area contributed by atoms with Crippen molar-refractivity contribution in [1.29, 1.82) is 0 Å². The van der Waals surface area contributed by atoms with Crippen LogP contribution in [0.1, 0.15) is 26.3 Å².